The second-order valence-corrected chi connectivity index (χ2v) is 7.90. The summed E-state index contributed by atoms with van der Waals surface area (Å²) in [5.74, 6) is 1.01. The average Bonchev–Trinajstić information content (AvgIpc) is 3.39. The van der Waals surface area contributed by atoms with Gasteiger partial charge in [-0.2, -0.15) is 0 Å². The Morgan fingerprint density at radius 3 is 2.52 bits per heavy atom. The zero-order chi connectivity index (χ0) is 19.8. The number of rotatable bonds is 5. The fourth-order valence-corrected chi connectivity index (χ4v) is 4.72. The van der Waals surface area contributed by atoms with Gasteiger partial charge in [-0.3, -0.25) is 9.69 Å². The highest BCUT2D eigenvalue weighted by Crippen LogP contribution is 2.35. The molecule has 0 N–H and O–H groups in total. The van der Waals surface area contributed by atoms with Gasteiger partial charge in [0.05, 0.1) is 19.2 Å². The van der Waals surface area contributed by atoms with Crippen molar-refractivity contribution in [2.24, 2.45) is 0 Å². The zero-order valence-electron chi connectivity index (χ0n) is 16.6. The van der Waals surface area contributed by atoms with Crippen LogP contribution < -0.4 is 4.74 Å². The molecule has 3 aromatic rings. The number of hydrogen-bond donors (Lipinski definition) is 0. The molecular weight excluding hydrogens is 362 g/mol. The van der Waals surface area contributed by atoms with Gasteiger partial charge < -0.3 is 14.2 Å². The summed E-state index contributed by atoms with van der Waals surface area (Å²) >= 11 is 0. The lowest BCUT2D eigenvalue weighted by Crippen LogP contribution is -2.49. The second-order valence-electron chi connectivity index (χ2n) is 7.90. The Morgan fingerprint density at radius 2 is 1.69 bits per heavy atom. The van der Waals surface area contributed by atoms with Crippen molar-refractivity contribution in [2.75, 3.05) is 20.2 Å². The van der Waals surface area contributed by atoms with Crippen LogP contribution in [0.15, 0.2) is 72.9 Å². The normalized spacial score (nSPS) is 21.1. The van der Waals surface area contributed by atoms with Crippen LogP contribution in [0.4, 0.5) is 0 Å². The predicted octanol–water partition coefficient (Wildman–Crippen LogP) is 3.58. The molecule has 5 nitrogen and oxygen atoms in total. The molecule has 29 heavy (non-hydrogen) atoms. The molecule has 1 amide bonds. The van der Waals surface area contributed by atoms with Gasteiger partial charge in [0, 0.05) is 32.4 Å². The van der Waals surface area contributed by atoms with Gasteiger partial charge in [-0.25, -0.2) is 0 Å². The van der Waals surface area contributed by atoms with Gasteiger partial charge in [-0.15, -0.1) is 0 Å². The molecule has 0 saturated carbocycles. The van der Waals surface area contributed by atoms with E-state index in [4.69, 9.17) is 4.74 Å². The van der Waals surface area contributed by atoms with E-state index in [1.807, 2.05) is 42.5 Å². The Bertz CT molecular complexity index is 1010. The van der Waals surface area contributed by atoms with Gasteiger partial charge in [0.25, 0.3) is 5.91 Å². The number of amides is 1. The highest BCUT2D eigenvalue weighted by Gasteiger charge is 2.44. The third-order valence-corrected chi connectivity index (χ3v) is 6.09. The number of carbonyl (C=O) groups excluding carboxylic acids is 1. The number of fused-ring (bicyclic) bond motifs is 3. The minimum Gasteiger partial charge on any atom is -0.497 e. The van der Waals surface area contributed by atoms with Crippen LogP contribution in [0.5, 0.6) is 5.75 Å². The van der Waals surface area contributed by atoms with Gasteiger partial charge >= 0.3 is 0 Å². The van der Waals surface area contributed by atoms with Crippen molar-refractivity contribution in [3.63, 3.8) is 0 Å². The monoisotopic (exact) mass is 387 g/mol. The maximum Gasteiger partial charge on any atom is 0.271 e. The van der Waals surface area contributed by atoms with Crippen molar-refractivity contribution in [1.82, 2.24) is 14.4 Å². The minimum atomic E-state index is 0.128. The summed E-state index contributed by atoms with van der Waals surface area (Å²) in [6.07, 6.45) is 2.06. The molecule has 1 fully saturated rings. The molecule has 148 valence electrons. The highest BCUT2D eigenvalue weighted by molar-refractivity contribution is 5.94. The number of aromatic nitrogens is 1. The van der Waals surface area contributed by atoms with E-state index in [0.717, 1.165) is 31.1 Å². The summed E-state index contributed by atoms with van der Waals surface area (Å²) in [4.78, 5) is 17.8. The molecule has 2 atom stereocenters. The van der Waals surface area contributed by atoms with E-state index in [2.05, 4.69) is 44.8 Å². The molecule has 0 bridgehead atoms. The molecule has 0 spiro atoms. The topological polar surface area (TPSA) is 37.7 Å². The largest absolute Gasteiger partial charge is 0.497 e. The summed E-state index contributed by atoms with van der Waals surface area (Å²) < 4.78 is 7.55. The first-order valence-electron chi connectivity index (χ1n) is 10.1. The van der Waals surface area contributed by atoms with Gasteiger partial charge in [0.2, 0.25) is 0 Å². The van der Waals surface area contributed by atoms with E-state index in [1.165, 1.54) is 11.1 Å². The molecule has 1 saturated heterocycles. The Hall–Kier alpha value is -3.05. The number of ether oxygens (including phenoxy) is 1. The average molecular weight is 387 g/mol. The van der Waals surface area contributed by atoms with Crippen molar-refractivity contribution >= 4 is 5.91 Å². The minimum absolute atomic E-state index is 0.128. The molecule has 2 aliphatic heterocycles. The fraction of sp³-hybridized carbons (Fsp3) is 0.292. The quantitative estimate of drug-likeness (QED) is 0.672. The summed E-state index contributed by atoms with van der Waals surface area (Å²) in [6.45, 7) is 3.31. The molecule has 5 heteroatoms. The van der Waals surface area contributed by atoms with Crippen LogP contribution in [0.3, 0.4) is 0 Å². The van der Waals surface area contributed by atoms with Crippen LogP contribution in [0.1, 0.15) is 27.7 Å². The molecule has 3 heterocycles. The number of benzene rings is 2. The first-order chi connectivity index (χ1) is 14.2. The van der Waals surface area contributed by atoms with Gasteiger partial charge in [-0.05, 0) is 35.4 Å². The molecule has 2 aliphatic rings. The number of methoxy groups -OCH3 is 1. The zero-order valence-corrected chi connectivity index (χ0v) is 16.6. The van der Waals surface area contributed by atoms with Gasteiger partial charge in [-0.1, -0.05) is 42.5 Å². The van der Waals surface area contributed by atoms with Gasteiger partial charge in [0.1, 0.15) is 11.4 Å². The van der Waals surface area contributed by atoms with Crippen molar-refractivity contribution in [3.8, 4) is 5.75 Å². The number of nitrogens with zero attached hydrogens (tertiary/aromatic N) is 3. The lowest BCUT2D eigenvalue weighted by Gasteiger charge is -2.38. The van der Waals surface area contributed by atoms with Crippen LogP contribution in [-0.4, -0.2) is 46.5 Å². The van der Waals surface area contributed by atoms with E-state index in [-0.39, 0.29) is 18.0 Å². The van der Waals surface area contributed by atoms with Crippen LogP contribution in [0.25, 0.3) is 0 Å². The highest BCUT2D eigenvalue weighted by atomic mass is 16.5. The third-order valence-electron chi connectivity index (χ3n) is 6.09. The second kappa shape index (κ2) is 7.41. The lowest BCUT2D eigenvalue weighted by molar-refractivity contribution is 0.0556. The maximum atomic E-state index is 13.2. The van der Waals surface area contributed by atoms with Crippen LogP contribution in [0.2, 0.25) is 0 Å². The van der Waals surface area contributed by atoms with Crippen molar-refractivity contribution < 1.29 is 9.53 Å². The molecule has 5 rings (SSSR count). The Kier molecular flexibility index (Phi) is 4.60. The third kappa shape index (κ3) is 3.32. The standard InChI is InChI=1S/C24H25N3O2/c1-29-20-10-5-9-19(13-20)14-25-16-22-23(17-25)27(15-18-7-3-2-4-8-18)24(28)21-11-6-12-26(21)22/h2-13,22-23H,14-17H2,1H3/t22-,23-/m1/s1. The van der Waals surface area contributed by atoms with E-state index in [9.17, 15) is 4.79 Å². The van der Waals surface area contributed by atoms with E-state index < -0.39 is 0 Å². The molecule has 0 radical (unpaired) electrons. The first kappa shape index (κ1) is 18.0. The van der Waals surface area contributed by atoms with Crippen molar-refractivity contribution in [1.29, 1.82) is 0 Å². The molecular formula is C24H25N3O2. The Balaban J connectivity index is 1.41. The fourth-order valence-electron chi connectivity index (χ4n) is 4.72. The summed E-state index contributed by atoms with van der Waals surface area (Å²) in [5.41, 5.74) is 3.20. The number of likely N-dealkylation sites (tertiary alicyclic amines) is 1. The SMILES string of the molecule is COc1cccc(CN2C[C@@H]3[C@@H](C2)n2cccc2C(=O)N3Cc2ccccc2)c1. The van der Waals surface area contributed by atoms with Crippen LogP contribution in [-0.2, 0) is 13.1 Å². The summed E-state index contributed by atoms with van der Waals surface area (Å²) in [7, 11) is 1.70. The van der Waals surface area contributed by atoms with E-state index in [1.54, 1.807) is 7.11 Å². The van der Waals surface area contributed by atoms with Crippen molar-refractivity contribution in [2.45, 2.75) is 25.2 Å². The maximum absolute atomic E-state index is 13.2. The van der Waals surface area contributed by atoms with Crippen LogP contribution >= 0.6 is 0 Å². The van der Waals surface area contributed by atoms with Gasteiger partial charge in [0.15, 0.2) is 0 Å². The lowest BCUT2D eigenvalue weighted by atomic mass is 10.0. The summed E-state index contributed by atoms with van der Waals surface area (Å²) in [5, 5.41) is 0. The van der Waals surface area contributed by atoms with Crippen LogP contribution in [0, 0.1) is 0 Å². The Labute approximate surface area is 171 Å². The smallest absolute Gasteiger partial charge is 0.271 e. The summed E-state index contributed by atoms with van der Waals surface area (Å²) in [6, 6.07) is 22.9. The molecule has 0 unspecified atom stereocenters. The number of carbonyl (C=O) groups is 1. The van der Waals surface area contributed by atoms with E-state index in [0.29, 0.717) is 6.54 Å². The Morgan fingerprint density at radius 1 is 0.897 bits per heavy atom. The molecule has 2 aromatic carbocycles. The number of hydrogen-bond acceptors (Lipinski definition) is 3. The van der Waals surface area contributed by atoms with Crippen molar-refractivity contribution in [3.05, 3.63) is 89.7 Å². The predicted molar refractivity (Wildman–Crippen MR) is 112 cm³/mol. The molecule has 1 aromatic heterocycles. The van der Waals surface area contributed by atoms with E-state index >= 15 is 0 Å². The molecule has 0 aliphatic carbocycles. The first-order valence-corrected chi connectivity index (χ1v) is 10.1.